The van der Waals surface area contributed by atoms with E-state index in [2.05, 4.69) is 13.8 Å². The van der Waals surface area contributed by atoms with Gasteiger partial charge in [-0.1, -0.05) is 33.1 Å². The Morgan fingerprint density at radius 1 is 1.29 bits per heavy atom. The van der Waals surface area contributed by atoms with Gasteiger partial charge in [0.1, 0.15) is 6.10 Å². The molecule has 0 aliphatic heterocycles. The van der Waals surface area contributed by atoms with Crippen molar-refractivity contribution in [3.8, 4) is 0 Å². The number of rotatable bonds is 8. The Labute approximate surface area is 87.0 Å². The van der Waals surface area contributed by atoms with E-state index in [4.69, 9.17) is 10.5 Å². The molecule has 0 aliphatic carbocycles. The van der Waals surface area contributed by atoms with E-state index in [0.717, 1.165) is 32.1 Å². The van der Waals surface area contributed by atoms with Crippen molar-refractivity contribution in [1.82, 2.24) is 0 Å². The molecule has 3 nitrogen and oxygen atoms in total. The first-order valence-corrected chi connectivity index (χ1v) is 5.64. The first-order valence-electron chi connectivity index (χ1n) is 5.64. The highest BCUT2D eigenvalue weighted by Gasteiger charge is 2.12. The van der Waals surface area contributed by atoms with Gasteiger partial charge in [-0.15, -0.1) is 0 Å². The third kappa shape index (κ3) is 6.89. The van der Waals surface area contributed by atoms with Crippen LogP contribution in [0.25, 0.3) is 0 Å². The van der Waals surface area contributed by atoms with Crippen LogP contribution in [0.2, 0.25) is 0 Å². The first-order chi connectivity index (χ1) is 6.74. The van der Waals surface area contributed by atoms with E-state index in [-0.39, 0.29) is 12.1 Å². The Balaban J connectivity index is 3.75. The van der Waals surface area contributed by atoms with E-state index < -0.39 is 0 Å². The van der Waals surface area contributed by atoms with E-state index >= 15 is 0 Å². The fourth-order valence-electron chi connectivity index (χ4n) is 1.38. The van der Waals surface area contributed by atoms with Gasteiger partial charge in [-0.05, 0) is 12.8 Å². The zero-order valence-corrected chi connectivity index (χ0v) is 9.42. The first kappa shape index (κ1) is 13.4. The molecule has 0 heterocycles. The largest absolute Gasteiger partial charge is 0.462 e. The summed E-state index contributed by atoms with van der Waals surface area (Å²) >= 11 is 0. The zero-order chi connectivity index (χ0) is 10.8. The Kier molecular flexibility index (Phi) is 8.64. The van der Waals surface area contributed by atoms with Crippen molar-refractivity contribution in [2.45, 2.75) is 58.5 Å². The van der Waals surface area contributed by atoms with Crippen LogP contribution in [0.5, 0.6) is 0 Å². The molecule has 0 bridgehead atoms. The fraction of sp³-hybridized carbons (Fsp3) is 0.909. The molecule has 1 unspecified atom stereocenters. The monoisotopic (exact) mass is 201 g/mol. The maximum Gasteiger partial charge on any atom is 0.307 e. The van der Waals surface area contributed by atoms with Crippen LogP contribution in [-0.2, 0) is 9.53 Å². The van der Waals surface area contributed by atoms with Gasteiger partial charge >= 0.3 is 5.97 Å². The molecule has 0 aromatic heterocycles. The van der Waals surface area contributed by atoms with Gasteiger partial charge in [-0.3, -0.25) is 4.79 Å². The third-order valence-electron chi connectivity index (χ3n) is 2.14. The van der Waals surface area contributed by atoms with Crippen molar-refractivity contribution in [2.24, 2.45) is 5.73 Å². The molecular formula is C11H23NO2. The van der Waals surface area contributed by atoms with Crippen LogP contribution in [0.4, 0.5) is 0 Å². The summed E-state index contributed by atoms with van der Waals surface area (Å²) < 4.78 is 5.31. The van der Waals surface area contributed by atoms with Gasteiger partial charge in [0.25, 0.3) is 0 Å². The van der Waals surface area contributed by atoms with Gasteiger partial charge in [0.05, 0.1) is 6.42 Å². The zero-order valence-electron chi connectivity index (χ0n) is 9.42. The molecule has 0 aromatic rings. The van der Waals surface area contributed by atoms with Crippen molar-refractivity contribution >= 4 is 5.97 Å². The predicted octanol–water partition coefficient (Wildman–Crippen LogP) is 2.24. The highest BCUT2D eigenvalue weighted by atomic mass is 16.5. The molecular weight excluding hydrogens is 178 g/mol. The summed E-state index contributed by atoms with van der Waals surface area (Å²) in [6.45, 7) is 4.63. The lowest BCUT2D eigenvalue weighted by Gasteiger charge is -2.16. The Morgan fingerprint density at radius 3 is 2.50 bits per heavy atom. The standard InChI is InChI=1S/C11H23NO2/c1-3-5-7-10(6-4-2)14-11(13)8-9-12/h10H,3-9,12H2,1-2H3. The Hall–Kier alpha value is -0.570. The number of carbonyl (C=O) groups is 1. The SMILES string of the molecule is CCCCC(CCC)OC(=O)CCN. The lowest BCUT2D eigenvalue weighted by molar-refractivity contribution is -0.149. The molecule has 0 saturated heterocycles. The number of hydrogen-bond donors (Lipinski definition) is 1. The number of esters is 1. The normalized spacial score (nSPS) is 12.5. The molecule has 0 amide bonds. The highest BCUT2D eigenvalue weighted by Crippen LogP contribution is 2.11. The second-order valence-corrected chi connectivity index (χ2v) is 3.58. The molecule has 0 fully saturated rings. The van der Waals surface area contributed by atoms with Crippen molar-refractivity contribution in [3.63, 3.8) is 0 Å². The van der Waals surface area contributed by atoms with Crippen LogP contribution in [0.1, 0.15) is 52.4 Å². The number of hydrogen-bond acceptors (Lipinski definition) is 3. The van der Waals surface area contributed by atoms with Crippen molar-refractivity contribution in [3.05, 3.63) is 0 Å². The molecule has 0 rings (SSSR count). The maximum atomic E-state index is 11.2. The summed E-state index contributed by atoms with van der Waals surface area (Å²) in [6.07, 6.45) is 5.74. The molecule has 84 valence electrons. The molecule has 0 radical (unpaired) electrons. The molecule has 1 atom stereocenters. The molecule has 0 spiro atoms. The summed E-state index contributed by atoms with van der Waals surface area (Å²) in [5.74, 6) is -0.151. The lowest BCUT2D eigenvalue weighted by atomic mass is 10.1. The third-order valence-corrected chi connectivity index (χ3v) is 2.14. The minimum atomic E-state index is -0.151. The predicted molar refractivity (Wildman–Crippen MR) is 58.0 cm³/mol. The van der Waals surface area contributed by atoms with Gasteiger partial charge in [0.2, 0.25) is 0 Å². The summed E-state index contributed by atoms with van der Waals surface area (Å²) in [4.78, 5) is 11.2. The number of ether oxygens (including phenoxy) is 1. The summed E-state index contributed by atoms with van der Waals surface area (Å²) in [5, 5.41) is 0. The Morgan fingerprint density at radius 2 is 2.00 bits per heavy atom. The van der Waals surface area contributed by atoms with Crippen LogP contribution >= 0.6 is 0 Å². The minimum Gasteiger partial charge on any atom is -0.462 e. The highest BCUT2D eigenvalue weighted by molar-refractivity contribution is 5.69. The minimum absolute atomic E-state index is 0.110. The van der Waals surface area contributed by atoms with Gasteiger partial charge in [0.15, 0.2) is 0 Å². The number of nitrogens with two attached hydrogens (primary N) is 1. The van der Waals surface area contributed by atoms with Gasteiger partial charge in [0, 0.05) is 6.54 Å². The molecule has 2 N–H and O–H groups in total. The Bertz CT molecular complexity index is 148. The molecule has 0 aromatic carbocycles. The average molecular weight is 201 g/mol. The topological polar surface area (TPSA) is 52.3 Å². The van der Waals surface area contributed by atoms with Crippen LogP contribution in [-0.4, -0.2) is 18.6 Å². The van der Waals surface area contributed by atoms with Crippen LogP contribution < -0.4 is 5.73 Å². The second-order valence-electron chi connectivity index (χ2n) is 3.58. The number of carbonyl (C=O) groups excluding carboxylic acids is 1. The lowest BCUT2D eigenvalue weighted by Crippen LogP contribution is -2.20. The van der Waals surface area contributed by atoms with E-state index in [1.54, 1.807) is 0 Å². The van der Waals surface area contributed by atoms with Crippen LogP contribution in [0.3, 0.4) is 0 Å². The summed E-state index contributed by atoms with van der Waals surface area (Å²) in [7, 11) is 0. The number of unbranched alkanes of at least 4 members (excludes halogenated alkanes) is 1. The molecule has 3 heteroatoms. The van der Waals surface area contributed by atoms with Crippen LogP contribution in [0, 0.1) is 0 Å². The van der Waals surface area contributed by atoms with Crippen molar-refractivity contribution in [1.29, 1.82) is 0 Å². The second kappa shape index (κ2) is 9.00. The quantitative estimate of drug-likeness (QED) is 0.613. The average Bonchev–Trinajstić information content (AvgIpc) is 2.15. The van der Waals surface area contributed by atoms with Gasteiger partial charge in [-0.25, -0.2) is 0 Å². The van der Waals surface area contributed by atoms with E-state index in [1.165, 1.54) is 0 Å². The van der Waals surface area contributed by atoms with E-state index in [9.17, 15) is 4.79 Å². The van der Waals surface area contributed by atoms with E-state index in [0.29, 0.717) is 13.0 Å². The molecule has 0 aliphatic rings. The van der Waals surface area contributed by atoms with Gasteiger partial charge < -0.3 is 10.5 Å². The summed E-state index contributed by atoms with van der Waals surface area (Å²) in [5.41, 5.74) is 5.28. The smallest absolute Gasteiger partial charge is 0.307 e. The van der Waals surface area contributed by atoms with Crippen molar-refractivity contribution < 1.29 is 9.53 Å². The fourth-order valence-corrected chi connectivity index (χ4v) is 1.38. The van der Waals surface area contributed by atoms with E-state index in [1.807, 2.05) is 0 Å². The van der Waals surface area contributed by atoms with Crippen molar-refractivity contribution in [2.75, 3.05) is 6.54 Å². The van der Waals surface area contributed by atoms with Crippen LogP contribution in [0.15, 0.2) is 0 Å². The summed E-state index contributed by atoms with van der Waals surface area (Å²) in [6, 6.07) is 0. The molecule has 0 saturated carbocycles. The molecule has 14 heavy (non-hydrogen) atoms. The maximum absolute atomic E-state index is 11.2. The van der Waals surface area contributed by atoms with Gasteiger partial charge in [-0.2, -0.15) is 0 Å².